The highest BCUT2D eigenvalue weighted by atomic mass is 35.5. The fourth-order valence-corrected chi connectivity index (χ4v) is 2.72. The molecule has 0 aliphatic rings. The van der Waals surface area contributed by atoms with E-state index in [1.165, 1.54) is 16.9 Å². The van der Waals surface area contributed by atoms with Crippen LogP contribution in [0.25, 0.3) is 16.7 Å². The number of phenols is 1. The number of halogens is 1. The average molecular weight is 388 g/mol. The van der Waals surface area contributed by atoms with E-state index in [1.807, 2.05) is 0 Å². The second-order valence-corrected chi connectivity index (χ2v) is 6.37. The quantitative estimate of drug-likeness (QED) is 0.498. The minimum atomic E-state index is -0.878. The van der Waals surface area contributed by atoms with Gasteiger partial charge in [-0.15, -0.1) is 15.0 Å². The molecule has 8 heteroatoms. The highest BCUT2D eigenvalue weighted by molar-refractivity contribution is 6.31. The molecule has 27 heavy (non-hydrogen) atoms. The Hall–Kier alpha value is -2.90. The minimum absolute atomic E-state index is 0.0305. The van der Waals surface area contributed by atoms with Gasteiger partial charge in [0.25, 0.3) is 0 Å². The molecular weight excluding hydrogens is 370 g/mol. The fraction of sp³-hybridized carbons (Fsp3) is 0.211. The molecule has 0 fully saturated rings. The number of aliphatic hydroxyl groups is 1. The molecule has 0 aliphatic heterocycles. The fourth-order valence-electron chi connectivity index (χ4n) is 2.55. The predicted molar refractivity (Wildman–Crippen MR) is 101 cm³/mol. The zero-order chi connectivity index (χ0) is 19.4. The van der Waals surface area contributed by atoms with Crippen molar-refractivity contribution < 1.29 is 19.7 Å². The Labute approximate surface area is 160 Å². The molecule has 7 nitrogen and oxygen atoms in total. The number of benzene rings is 2. The van der Waals surface area contributed by atoms with E-state index in [-0.39, 0.29) is 18.8 Å². The van der Waals surface area contributed by atoms with Crippen LogP contribution in [0.5, 0.6) is 5.75 Å². The number of hydrogen-bond donors (Lipinski definition) is 2. The van der Waals surface area contributed by atoms with Gasteiger partial charge >= 0.3 is 5.97 Å². The third kappa shape index (κ3) is 4.64. The van der Waals surface area contributed by atoms with E-state index >= 15 is 0 Å². The standard InChI is InChI=1S/C19H18ClN3O4/c1-2-3-19(26)27-11-14(24)8-12-4-7-17(18(25)9-12)23-21-15-6-5-13(20)10-16(15)22-23/h2-7,9-10,14,24-25H,8,11H2,1H3. The number of aromatic nitrogens is 3. The van der Waals surface area contributed by atoms with Crippen molar-refractivity contribution in [1.29, 1.82) is 0 Å². The Kier molecular flexibility index (Phi) is 5.73. The Balaban J connectivity index is 1.72. The van der Waals surface area contributed by atoms with Gasteiger partial charge in [-0.1, -0.05) is 23.7 Å². The monoisotopic (exact) mass is 387 g/mol. The molecule has 1 atom stereocenters. The number of allylic oxidation sites excluding steroid dienone is 1. The average Bonchev–Trinajstić information content (AvgIpc) is 3.03. The number of ether oxygens (including phenoxy) is 1. The molecule has 1 heterocycles. The van der Waals surface area contributed by atoms with Crippen LogP contribution in [0.3, 0.4) is 0 Å². The summed E-state index contributed by atoms with van der Waals surface area (Å²) in [5.74, 6) is -0.538. The van der Waals surface area contributed by atoms with E-state index in [2.05, 4.69) is 10.2 Å². The van der Waals surface area contributed by atoms with Gasteiger partial charge in [-0.2, -0.15) is 0 Å². The van der Waals surface area contributed by atoms with Crippen LogP contribution in [0.2, 0.25) is 5.02 Å². The summed E-state index contributed by atoms with van der Waals surface area (Å²) in [5.41, 5.74) is 2.36. The Morgan fingerprint density at radius 1 is 1.26 bits per heavy atom. The van der Waals surface area contributed by atoms with Crippen LogP contribution < -0.4 is 0 Å². The molecule has 140 valence electrons. The molecular formula is C19H18ClN3O4. The Morgan fingerprint density at radius 3 is 2.78 bits per heavy atom. The molecule has 0 amide bonds. The predicted octanol–water partition coefficient (Wildman–Crippen LogP) is 2.80. The highest BCUT2D eigenvalue weighted by Gasteiger charge is 2.13. The van der Waals surface area contributed by atoms with E-state index in [9.17, 15) is 15.0 Å². The molecule has 0 saturated carbocycles. The van der Waals surface area contributed by atoms with Crippen LogP contribution in [0.1, 0.15) is 12.5 Å². The van der Waals surface area contributed by atoms with E-state index in [1.54, 1.807) is 43.3 Å². The van der Waals surface area contributed by atoms with Crippen LogP contribution in [-0.2, 0) is 16.0 Å². The third-order valence-electron chi connectivity index (χ3n) is 3.79. The van der Waals surface area contributed by atoms with Crippen LogP contribution in [0, 0.1) is 0 Å². The smallest absolute Gasteiger partial charge is 0.330 e. The summed E-state index contributed by atoms with van der Waals surface area (Å²) in [4.78, 5) is 12.6. The lowest BCUT2D eigenvalue weighted by Crippen LogP contribution is -2.20. The molecule has 0 bridgehead atoms. The molecule has 0 aliphatic carbocycles. The summed E-state index contributed by atoms with van der Waals surface area (Å²) in [5, 5.41) is 29.5. The van der Waals surface area contributed by atoms with Crippen LogP contribution in [0.15, 0.2) is 48.6 Å². The van der Waals surface area contributed by atoms with Crippen molar-refractivity contribution in [2.45, 2.75) is 19.4 Å². The number of fused-ring (bicyclic) bond motifs is 1. The topological polar surface area (TPSA) is 97.5 Å². The highest BCUT2D eigenvalue weighted by Crippen LogP contribution is 2.24. The van der Waals surface area contributed by atoms with E-state index in [0.717, 1.165) is 0 Å². The van der Waals surface area contributed by atoms with Gasteiger partial charge in [0.1, 0.15) is 29.1 Å². The molecule has 0 spiro atoms. The van der Waals surface area contributed by atoms with Crippen LogP contribution >= 0.6 is 11.6 Å². The molecule has 0 radical (unpaired) electrons. The first-order chi connectivity index (χ1) is 13.0. The summed E-state index contributed by atoms with van der Waals surface area (Å²) in [6.07, 6.45) is 2.19. The van der Waals surface area contributed by atoms with Gasteiger partial charge in [-0.3, -0.25) is 0 Å². The van der Waals surface area contributed by atoms with Crippen molar-refractivity contribution in [3.63, 3.8) is 0 Å². The largest absolute Gasteiger partial charge is 0.506 e. The number of esters is 1. The second kappa shape index (κ2) is 8.20. The van der Waals surface area contributed by atoms with Gasteiger partial charge in [0, 0.05) is 17.5 Å². The van der Waals surface area contributed by atoms with E-state index < -0.39 is 12.1 Å². The number of rotatable bonds is 6. The molecule has 3 aromatic rings. The zero-order valence-corrected chi connectivity index (χ0v) is 15.3. The molecule has 2 aromatic carbocycles. The van der Waals surface area contributed by atoms with Gasteiger partial charge in [0.15, 0.2) is 0 Å². The van der Waals surface area contributed by atoms with Gasteiger partial charge < -0.3 is 14.9 Å². The maximum atomic E-state index is 11.3. The SMILES string of the molecule is CC=CC(=O)OCC(O)Cc1ccc(-n2nc3ccc(Cl)cc3n2)c(O)c1. The molecule has 3 rings (SSSR count). The molecule has 2 N–H and O–H groups in total. The van der Waals surface area contributed by atoms with E-state index in [0.29, 0.717) is 27.3 Å². The normalized spacial score (nSPS) is 12.6. The minimum Gasteiger partial charge on any atom is -0.506 e. The van der Waals surface area contributed by atoms with Crippen molar-refractivity contribution in [2.24, 2.45) is 0 Å². The summed E-state index contributed by atoms with van der Waals surface area (Å²) >= 11 is 5.95. The van der Waals surface area contributed by atoms with Gasteiger partial charge in [0.05, 0.1) is 6.10 Å². The zero-order valence-electron chi connectivity index (χ0n) is 14.5. The number of carbonyl (C=O) groups is 1. The van der Waals surface area contributed by atoms with E-state index in [4.69, 9.17) is 16.3 Å². The lowest BCUT2D eigenvalue weighted by Gasteiger charge is -2.12. The lowest BCUT2D eigenvalue weighted by molar-refractivity contribution is -0.140. The number of carbonyl (C=O) groups excluding carboxylic acids is 1. The summed E-state index contributed by atoms with van der Waals surface area (Å²) in [6.45, 7) is 1.58. The Morgan fingerprint density at radius 2 is 2.04 bits per heavy atom. The maximum absolute atomic E-state index is 11.3. The van der Waals surface area contributed by atoms with Crippen LogP contribution in [-0.4, -0.2) is 43.9 Å². The van der Waals surface area contributed by atoms with Crippen molar-refractivity contribution in [1.82, 2.24) is 15.0 Å². The number of aliphatic hydroxyl groups excluding tert-OH is 1. The number of phenolic OH excluding ortho intramolecular Hbond substituents is 1. The van der Waals surface area contributed by atoms with Crippen molar-refractivity contribution in [3.05, 3.63) is 59.1 Å². The summed E-state index contributed by atoms with van der Waals surface area (Å²) < 4.78 is 4.91. The van der Waals surface area contributed by atoms with Gasteiger partial charge in [-0.25, -0.2) is 4.79 Å². The van der Waals surface area contributed by atoms with Crippen LogP contribution in [0.4, 0.5) is 0 Å². The first-order valence-electron chi connectivity index (χ1n) is 8.28. The number of nitrogens with zero attached hydrogens (tertiary/aromatic N) is 3. The lowest BCUT2D eigenvalue weighted by atomic mass is 10.1. The third-order valence-corrected chi connectivity index (χ3v) is 4.02. The van der Waals surface area contributed by atoms with Crippen molar-refractivity contribution in [3.8, 4) is 11.4 Å². The number of hydrogen-bond acceptors (Lipinski definition) is 6. The Bertz CT molecular complexity index is 1000. The number of aromatic hydroxyl groups is 1. The maximum Gasteiger partial charge on any atom is 0.330 e. The molecule has 0 saturated heterocycles. The van der Waals surface area contributed by atoms with Crippen molar-refractivity contribution >= 4 is 28.6 Å². The molecule has 1 unspecified atom stereocenters. The molecule has 1 aromatic heterocycles. The second-order valence-electron chi connectivity index (χ2n) is 5.93. The summed E-state index contributed by atoms with van der Waals surface area (Å²) in [7, 11) is 0. The first kappa shape index (κ1) is 18.9. The van der Waals surface area contributed by atoms with Gasteiger partial charge in [0.2, 0.25) is 0 Å². The first-order valence-corrected chi connectivity index (χ1v) is 8.66. The summed E-state index contributed by atoms with van der Waals surface area (Å²) in [6, 6.07) is 10.1. The van der Waals surface area contributed by atoms with Crippen molar-refractivity contribution in [2.75, 3.05) is 6.61 Å². The van der Waals surface area contributed by atoms with Gasteiger partial charge in [-0.05, 0) is 42.8 Å².